The number of nitriles is 1. The number of hydrogen-bond donors (Lipinski definition) is 2. The van der Waals surface area contributed by atoms with Gasteiger partial charge in [-0.15, -0.1) is 0 Å². The standard InChI is InChI=1S/C12H12N4O3/c1-2-19-12(18)9(7-13)8-15-16-11(17)10-5-3-4-6-14-10/h3-6,8,15H,2H2,1H3,(H,16,17)/b9-8+. The van der Waals surface area contributed by atoms with Gasteiger partial charge in [0.05, 0.1) is 6.61 Å². The second kappa shape index (κ2) is 7.45. The Morgan fingerprint density at radius 1 is 1.53 bits per heavy atom. The van der Waals surface area contributed by atoms with Crippen LogP contribution in [0.25, 0.3) is 0 Å². The zero-order valence-electron chi connectivity index (χ0n) is 10.2. The lowest BCUT2D eigenvalue weighted by Crippen LogP contribution is -2.34. The predicted molar refractivity (Wildman–Crippen MR) is 65.2 cm³/mol. The molecule has 19 heavy (non-hydrogen) atoms. The van der Waals surface area contributed by atoms with Gasteiger partial charge in [0.1, 0.15) is 11.8 Å². The molecule has 1 heterocycles. The third-order valence-electron chi connectivity index (χ3n) is 1.92. The Morgan fingerprint density at radius 2 is 2.32 bits per heavy atom. The van der Waals surface area contributed by atoms with Crippen molar-refractivity contribution in [3.63, 3.8) is 0 Å². The number of carbonyl (C=O) groups excluding carboxylic acids is 2. The fourth-order valence-corrected chi connectivity index (χ4v) is 1.08. The van der Waals surface area contributed by atoms with Gasteiger partial charge in [-0.3, -0.25) is 15.2 Å². The van der Waals surface area contributed by atoms with Crippen molar-refractivity contribution in [2.75, 3.05) is 6.61 Å². The second-order valence-electron chi connectivity index (χ2n) is 3.20. The summed E-state index contributed by atoms with van der Waals surface area (Å²) in [6.45, 7) is 1.79. The first-order chi connectivity index (χ1) is 9.19. The quantitative estimate of drug-likeness (QED) is 0.341. The summed E-state index contributed by atoms with van der Waals surface area (Å²) in [4.78, 5) is 26.6. The zero-order valence-corrected chi connectivity index (χ0v) is 10.2. The molecular weight excluding hydrogens is 248 g/mol. The average molecular weight is 260 g/mol. The Morgan fingerprint density at radius 3 is 2.89 bits per heavy atom. The van der Waals surface area contributed by atoms with Gasteiger partial charge in [-0.05, 0) is 19.1 Å². The molecule has 98 valence electrons. The number of hydrogen-bond acceptors (Lipinski definition) is 6. The van der Waals surface area contributed by atoms with Crippen LogP contribution >= 0.6 is 0 Å². The van der Waals surface area contributed by atoms with Crippen LogP contribution in [0.1, 0.15) is 17.4 Å². The summed E-state index contributed by atoms with van der Waals surface area (Å²) in [5, 5.41) is 8.72. The molecule has 0 unspecified atom stereocenters. The molecule has 7 heteroatoms. The van der Waals surface area contributed by atoms with E-state index in [1.165, 1.54) is 12.3 Å². The first kappa shape index (κ1) is 14.2. The minimum absolute atomic E-state index is 0.165. The van der Waals surface area contributed by atoms with E-state index >= 15 is 0 Å². The third-order valence-corrected chi connectivity index (χ3v) is 1.92. The molecule has 0 radical (unpaired) electrons. The van der Waals surface area contributed by atoms with Gasteiger partial charge in [-0.1, -0.05) is 6.07 Å². The van der Waals surface area contributed by atoms with Crippen LogP contribution in [0.2, 0.25) is 0 Å². The molecule has 0 fully saturated rings. The summed E-state index contributed by atoms with van der Waals surface area (Å²) in [5.74, 6) is -1.25. The SMILES string of the molecule is CCOC(=O)/C(C#N)=C/NNC(=O)c1ccccn1. The molecule has 1 aromatic heterocycles. The summed E-state index contributed by atoms with van der Waals surface area (Å²) < 4.78 is 4.64. The lowest BCUT2D eigenvalue weighted by molar-refractivity contribution is -0.138. The van der Waals surface area contributed by atoms with Crippen LogP contribution in [0.15, 0.2) is 36.2 Å². The Balaban J connectivity index is 2.55. The molecule has 1 aromatic rings. The maximum atomic E-state index is 11.5. The number of nitrogens with zero attached hydrogens (tertiary/aromatic N) is 2. The number of pyridine rings is 1. The molecule has 0 atom stereocenters. The highest BCUT2D eigenvalue weighted by Gasteiger charge is 2.09. The fourth-order valence-electron chi connectivity index (χ4n) is 1.08. The van der Waals surface area contributed by atoms with E-state index in [4.69, 9.17) is 5.26 Å². The summed E-state index contributed by atoms with van der Waals surface area (Å²) in [7, 11) is 0. The number of aromatic nitrogens is 1. The van der Waals surface area contributed by atoms with Crippen LogP contribution in [0.3, 0.4) is 0 Å². The lowest BCUT2D eigenvalue weighted by Gasteiger charge is -2.04. The Labute approximate surface area is 109 Å². The Hall–Kier alpha value is -2.88. The number of esters is 1. The summed E-state index contributed by atoms with van der Waals surface area (Å²) in [6, 6.07) is 6.53. The highest BCUT2D eigenvalue weighted by Crippen LogP contribution is 1.95. The molecule has 0 aliphatic heterocycles. The van der Waals surface area contributed by atoms with Crippen LogP contribution in [0.5, 0.6) is 0 Å². The molecule has 0 aromatic carbocycles. The summed E-state index contributed by atoms with van der Waals surface area (Å²) >= 11 is 0. The van der Waals surface area contributed by atoms with Gasteiger partial charge in [-0.25, -0.2) is 4.79 Å². The minimum atomic E-state index is -0.760. The van der Waals surface area contributed by atoms with Crippen molar-refractivity contribution in [1.82, 2.24) is 15.8 Å². The lowest BCUT2D eigenvalue weighted by atomic mass is 10.3. The molecule has 0 saturated carbocycles. The first-order valence-electron chi connectivity index (χ1n) is 5.43. The Bertz CT molecular complexity index is 520. The molecule has 1 rings (SSSR count). The number of amides is 1. The molecule has 0 aliphatic carbocycles. The van der Waals surface area contributed by atoms with Crippen LogP contribution in [-0.4, -0.2) is 23.5 Å². The van der Waals surface area contributed by atoms with E-state index in [2.05, 4.69) is 20.6 Å². The maximum absolute atomic E-state index is 11.5. The van der Waals surface area contributed by atoms with E-state index in [0.29, 0.717) is 0 Å². The van der Waals surface area contributed by atoms with Crippen LogP contribution < -0.4 is 10.9 Å². The van der Waals surface area contributed by atoms with Gasteiger partial charge in [0.15, 0.2) is 5.57 Å². The number of nitrogens with one attached hydrogen (secondary N) is 2. The highest BCUT2D eigenvalue weighted by atomic mass is 16.5. The molecule has 0 aliphatic rings. The largest absolute Gasteiger partial charge is 0.462 e. The minimum Gasteiger partial charge on any atom is -0.462 e. The Kier molecular flexibility index (Phi) is 5.56. The van der Waals surface area contributed by atoms with Gasteiger partial charge in [0.25, 0.3) is 5.91 Å². The monoisotopic (exact) mass is 260 g/mol. The highest BCUT2D eigenvalue weighted by molar-refractivity contribution is 5.93. The van der Waals surface area contributed by atoms with Crippen LogP contribution in [-0.2, 0) is 9.53 Å². The third kappa shape index (κ3) is 4.47. The molecule has 2 N–H and O–H groups in total. The zero-order chi connectivity index (χ0) is 14.1. The molecule has 0 saturated heterocycles. The topological polar surface area (TPSA) is 104 Å². The number of hydrazine groups is 1. The van der Waals surface area contributed by atoms with E-state index in [9.17, 15) is 9.59 Å². The van der Waals surface area contributed by atoms with Crippen molar-refractivity contribution in [1.29, 1.82) is 5.26 Å². The van der Waals surface area contributed by atoms with Gasteiger partial charge in [0, 0.05) is 12.4 Å². The van der Waals surface area contributed by atoms with E-state index in [0.717, 1.165) is 6.20 Å². The van der Waals surface area contributed by atoms with Gasteiger partial charge < -0.3 is 10.2 Å². The smallest absolute Gasteiger partial charge is 0.350 e. The van der Waals surface area contributed by atoms with Crippen molar-refractivity contribution in [2.45, 2.75) is 6.92 Å². The maximum Gasteiger partial charge on any atom is 0.350 e. The van der Waals surface area contributed by atoms with Gasteiger partial charge in [0.2, 0.25) is 0 Å². The van der Waals surface area contributed by atoms with Crippen LogP contribution in [0, 0.1) is 11.3 Å². The second-order valence-corrected chi connectivity index (χ2v) is 3.20. The summed E-state index contributed by atoms with van der Waals surface area (Å²) in [5.41, 5.74) is 4.58. The summed E-state index contributed by atoms with van der Waals surface area (Å²) in [6.07, 6.45) is 2.53. The van der Waals surface area contributed by atoms with Crippen molar-refractivity contribution in [2.24, 2.45) is 0 Å². The number of ether oxygens (including phenoxy) is 1. The molecule has 0 spiro atoms. The van der Waals surface area contributed by atoms with Crippen molar-refractivity contribution < 1.29 is 14.3 Å². The van der Waals surface area contributed by atoms with E-state index in [1.807, 2.05) is 0 Å². The predicted octanol–water partition coefficient (Wildman–Crippen LogP) is 0.287. The van der Waals surface area contributed by atoms with E-state index < -0.39 is 11.9 Å². The van der Waals surface area contributed by atoms with E-state index in [1.54, 1.807) is 25.1 Å². The number of rotatable bonds is 5. The fraction of sp³-hybridized carbons (Fsp3) is 0.167. The molecule has 7 nitrogen and oxygen atoms in total. The number of carbonyl (C=O) groups is 2. The van der Waals surface area contributed by atoms with Gasteiger partial charge in [-0.2, -0.15) is 5.26 Å². The normalized spacial score (nSPS) is 10.2. The van der Waals surface area contributed by atoms with Crippen molar-refractivity contribution in [3.05, 3.63) is 41.9 Å². The first-order valence-corrected chi connectivity index (χ1v) is 5.43. The van der Waals surface area contributed by atoms with Crippen molar-refractivity contribution >= 4 is 11.9 Å². The molecule has 1 amide bonds. The van der Waals surface area contributed by atoms with Crippen LogP contribution in [0.4, 0.5) is 0 Å². The molecule has 0 bridgehead atoms. The molecular formula is C12H12N4O3. The van der Waals surface area contributed by atoms with Crippen molar-refractivity contribution in [3.8, 4) is 6.07 Å². The average Bonchev–Trinajstić information content (AvgIpc) is 2.44. The van der Waals surface area contributed by atoms with E-state index in [-0.39, 0.29) is 17.9 Å². The van der Waals surface area contributed by atoms with Gasteiger partial charge >= 0.3 is 5.97 Å².